The van der Waals surface area contributed by atoms with Crippen LogP contribution in [0.4, 0.5) is 0 Å². The van der Waals surface area contributed by atoms with Gasteiger partial charge in [0, 0.05) is 0 Å². The molecule has 0 saturated heterocycles. The van der Waals surface area contributed by atoms with Crippen molar-refractivity contribution in [1.82, 2.24) is 0 Å². The number of carbonyl (C=O) groups is 1. The molecule has 158 valence electrons. The third kappa shape index (κ3) is 6.56. The Hall–Kier alpha value is -3.46. The summed E-state index contributed by atoms with van der Waals surface area (Å²) in [5.74, 6) is 1.63. The minimum Gasteiger partial charge on any atom is -0.490 e. The Labute approximate surface area is 177 Å². The van der Waals surface area contributed by atoms with Crippen LogP contribution in [0, 0.1) is 11.3 Å². The van der Waals surface area contributed by atoms with Crippen molar-refractivity contribution in [3.05, 3.63) is 59.2 Å². The fourth-order valence-electron chi connectivity index (χ4n) is 2.77. The number of amides is 1. The van der Waals surface area contributed by atoms with Crippen molar-refractivity contribution in [2.45, 2.75) is 33.1 Å². The van der Waals surface area contributed by atoms with Crippen molar-refractivity contribution in [2.75, 3.05) is 19.8 Å². The predicted molar refractivity (Wildman–Crippen MR) is 117 cm³/mol. The van der Waals surface area contributed by atoms with Gasteiger partial charge in [-0.25, -0.2) is 0 Å². The summed E-state index contributed by atoms with van der Waals surface area (Å²) < 4.78 is 17.2. The summed E-state index contributed by atoms with van der Waals surface area (Å²) in [4.78, 5) is 11.2. The van der Waals surface area contributed by atoms with Crippen LogP contribution in [0.1, 0.15) is 44.2 Å². The Morgan fingerprint density at radius 2 is 1.77 bits per heavy atom. The number of carbonyl (C=O) groups excluding carboxylic acids is 1. The van der Waals surface area contributed by atoms with E-state index in [-0.39, 0.29) is 5.57 Å². The molecular weight excluding hydrogens is 380 g/mol. The van der Waals surface area contributed by atoms with E-state index < -0.39 is 5.91 Å². The number of ether oxygens (including phenoxy) is 3. The first-order valence-corrected chi connectivity index (χ1v) is 10.0. The molecular formula is C24H28N2O4. The smallest absolute Gasteiger partial charge is 0.259 e. The molecule has 6 heteroatoms. The second-order valence-corrected chi connectivity index (χ2v) is 6.75. The Morgan fingerprint density at radius 3 is 2.37 bits per heavy atom. The second kappa shape index (κ2) is 11.5. The number of nitriles is 1. The van der Waals surface area contributed by atoms with Crippen LogP contribution in [0.2, 0.25) is 0 Å². The highest BCUT2D eigenvalue weighted by Gasteiger charge is 2.09. The van der Waals surface area contributed by atoms with Gasteiger partial charge in [-0.2, -0.15) is 5.26 Å². The highest BCUT2D eigenvalue weighted by atomic mass is 16.5. The summed E-state index contributed by atoms with van der Waals surface area (Å²) in [7, 11) is 0. The molecule has 6 nitrogen and oxygen atoms in total. The van der Waals surface area contributed by atoms with Gasteiger partial charge < -0.3 is 19.9 Å². The van der Waals surface area contributed by atoms with E-state index in [1.807, 2.05) is 19.1 Å². The molecule has 0 radical (unpaired) electrons. The summed E-state index contributed by atoms with van der Waals surface area (Å²) in [6, 6.07) is 15.1. The fourth-order valence-corrected chi connectivity index (χ4v) is 2.77. The van der Waals surface area contributed by atoms with Crippen molar-refractivity contribution < 1.29 is 19.0 Å². The highest BCUT2D eigenvalue weighted by molar-refractivity contribution is 6.00. The lowest BCUT2D eigenvalue weighted by atomic mass is 9.99. The van der Waals surface area contributed by atoms with Gasteiger partial charge in [-0.1, -0.05) is 32.0 Å². The number of primary amides is 1. The minimum absolute atomic E-state index is 0.126. The highest BCUT2D eigenvalue weighted by Crippen LogP contribution is 2.29. The van der Waals surface area contributed by atoms with Gasteiger partial charge in [0.2, 0.25) is 0 Å². The Balaban J connectivity index is 1.97. The zero-order valence-corrected chi connectivity index (χ0v) is 17.7. The molecule has 2 aromatic rings. The van der Waals surface area contributed by atoms with Crippen molar-refractivity contribution in [1.29, 1.82) is 5.26 Å². The Kier molecular flexibility index (Phi) is 8.76. The first-order chi connectivity index (χ1) is 14.5. The van der Waals surface area contributed by atoms with Crippen LogP contribution in [0.15, 0.2) is 48.0 Å². The van der Waals surface area contributed by atoms with E-state index in [1.165, 1.54) is 11.6 Å². The lowest BCUT2D eigenvalue weighted by Crippen LogP contribution is -2.12. The van der Waals surface area contributed by atoms with E-state index in [9.17, 15) is 4.79 Å². The normalized spacial score (nSPS) is 12.0. The largest absolute Gasteiger partial charge is 0.490 e. The van der Waals surface area contributed by atoms with Gasteiger partial charge in [0.05, 0.1) is 6.61 Å². The van der Waals surface area contributed by atoms with E-state index in [1.54, 1.807) is 24.3 Å². The molecule has 1 amide bonds. The van der Waals surface area contributed by atoms with E-state index in [2.05, 4.69) is 26.0 Å². The summed E-state index contributed by atoms with van der Waals surface area (Å²) in [6.07, 6.45) is 2.52. The molecule has 0 fully saturated rings. The van der Waals surface area contributed by atoms with Gasteiger partial charge >= 0.3 is 0 Å². The predicted octanol–water partition coefficient (Wildman–Crippen LogP) is 4.45. The maximum atomic E-state index is 11.2. The average Bonchev–Trinajstić information content (AvgIpc) is 2.76. The van der Waals surface area contributed by atoms with Gasteiger partial charge in [-0.3, -0.25) is 4.79 Å². The molecule has 2 rings (SSSR count). The van der Waals surface area contributed by atoms with Crippen molar-refractivity contribution >= 4 is 12.0 Å². The van der Waals surface area contributed by atoms with Crippen LogP contribution in [-0.4, -0.2) is 25.7 Å². The SMILES string of the molecule is CCOc1cc(C=C(C#N)C(N)=O)ccc1OCCOc1ccc(C(C)CC)cc1. The molecule has 1 unspecified atom stereocenters. The van der Waals surface area contributed by atoms with E-state index in [0.29, 0.717) is 42.8 Å². The molecule has 0 aliphatic heterocycles. The zero-order valence-electron chi connectivity index (χ0n) is 17.7. The Bertz CT molecular complexity index is 914. The first-order valence-electron chi connectivity index (χ1n) is 10.0. The second-order valence-electron chi connectivity index (χ2n) is 6.75. The maximum Gasteiger partial charge on any atom is 0.259 e. The summed E-state index contributed by atoms with van der Waals surface area (Å²) in [5, 5.41) is 8.99. The number of hydrogen-bond acceptors (Lipinski definition) is 5. The standard InChI is InChI=1S/C24H28N2O4/c1-4-17(3)19-7-9-21(10-8-19)29-12-13-30-22-11-6-18(15-23(22)28-5-2)14-20(16-25)24(26)27/h6-11,14-15,17H,4-5,12-13H2,1-3H3,(H2,26,27). The van der Waals surface area contributed by atoms with Crippen LogP contribution in [0.5, 0.6) is 17.2 Å². The first kappa shape index (κ1) is 22.8. The molecule has 0 spiro atoms. The lowest BCUT2D eigenvalue weighted by molar-refractivity contribution is -0.114. The monoisotopic (exact) mass is 408 g/mol. The van der Waals surface area contributed by atoms with Crippen LogP contribution in [0.3, 0.4) is 0 Å². The van der Waals surface area contributed by atoms with Crippen molar-refractivity contribution in [3.8, 4) is 23.3 Å². The third-order valence-electron chi connectivity index (χ3n) is 4.64. The van der Waals surface area contributed by atoms with Gasteiger partial charge in [-0.05, 0) is 60.7 Å². The van der Waals surface area contributed by atoms with Gasteiger partial charge in [0.1, 0.15) is 30.6 Å². The molecule has 0 bridgehead atoms. The van der Waals surface area contributed by atoms with E-state index >= 15 is 0 Å². The molecule has 0 heterocycles. The number of nitrogens with two attached hydrogens (primary N) is 1. The van der Waals surface area contributed by atoms with Crippen LogP contribution in [0.25, 0.3) is 6.08 Å². The molecule has 30 heavy (non-hydrogen) atoms. The average molecular weight is 408 g/mol. The number of hydrogen-bond donors (Lipinski definition) is 1. The third-order valence-corrected chi connectivity index (χ3v) is 4.64. The van der Waals surface area contributed by atoms with Gasteiger partial charge in [-0.15, -0.1) is 0 Å². The number of rotatable bonds is 11. The van der Waals surface area contributed by atoms with E-state index in [0.717, 1.165) is 12.2 Å². The number of nitrogens with zero attached hydrogens (tertiary/aromatic N) is 1. The van der Waals surface area contributed by atoms with Crippen molar-refractivity contribution in [2.24, 2.45) is 5.73 Å². The molecule has 2 N–H and O–H groups in total. The number of benzene rings is 2. The van der Waals surface area contributed by atoms with Gasteiger partial charge in [0.15, 0.2) is 11.5 Å². The minimum atomic E-state index is -0.773. The summed E-state index contributed by atoms with van der Waals surface area (Å²) >= 11 is 0. The van der Waals surface area contributed by atoms with Crippen LogP contribution in [-0.2, 0) is 4.79 Å². The van der Waals surface area contributed by atoms with Gasteiger partial charge in [0.25, 0.3) is 5.91 Å². The lowest BCUT2D eigenvalue weighted by Gasteiger charge is -2.14. The van der Waals surface area contributed by atoms with Crippen LogP contribution < -0.4 is 19.9 Å². The van der Waals surface area contributed by atoms with Crippen LogP contribution >= 0.6 is 0 Å². The molecule has 1 atom stereocenters. The maximum absolute atomic E-state index is 11.2. The molecule has 0 aliphatic carbocycles. The zero-order chi connectivity index (χ0) is 21.9. The topological polar surface area (TPSA) is 94.6 Å². The van der Waals surface area contributed by atoms with E-state index in [4.69, 9.17) is 25.2 Å². The molecule has 0 aliphatic rings. The molecule has 0 saturated carbocycles. The molecule has 0 aromatic heterocycles. The molecule has 2 aromatic carbocycles. The summed E-state index contributed by atoms with van der Waals surface area (Å²) in [5.41, 5.74) is 6.98. The fraction of sp³-hybridized carbons (Fsp3) is 0.333. The quantitative estimate of drug-likeness (QED) is 0.337. The Morgan fingerprint density at radius 1 is 1.07 bits per heavy atom. The van der Waals surface area contributed by atoms with Crippen molar-refractivity contribution in [3.63, 3.8) is 0 Å². The summed E-state index contributed by atoms with van der Waals surface area (Å²) in [6.45, 7) is 7.41.